The maximum Gasteiger partial charge on any atom is 2.00 e. The third-order valence-corrected chi connectivity index (χ3v) is 10.3. The number of aryl methyl sites for hydroxylation is 2. The second-order valence-electron chi connectivity index (χ2n) is 14.4. The zero-order valence-electron chi connectivity index (χ0n) is 34.2. The van der Waals surface area contributed by atoms with Crippen molar-refractivity contribution in [2.24, 2.45) is 10.2 Å². The predicted molar refractivity (Wildman–Crippen MR) is 242 cm³/mol. The van der Waals surface area contributed by atoms with Gasteiger partial charge in [-0.1, -0.05) is 60.7 Å². The molecule has 10 nitrogen and oxygen atoms in total. The van der Waals surface area contributed by atoms with E-state index in [-0.39, 0.29) is 40.2 Å². The molecule has 0 bridgehead atoms. The molecule has 0 amide bonds. The van der Waals surface area contributed by atoms with Crippen LogP contribution in [0.1, 0.15) is 62.8 Å². The quantitative estimate of drug-likeness (QED) is 0.0771. The minimum absolute atomic E-state index is 0. The number of nitrogens with zero attached hydrogens (tertiary/aromatic N) is 10. The van der Waals surface area contributed by atoms with Crippen LogP contribution in [-0.2, 0) is 41.7 Å². The molecule has 61 heavy (non-hydrogen) atoms. The van der Waals surface area contributed by atoms with Crippen molar-refractivity contribution >= 4 is 71.6 Å². The summed E-state index contributed by atoms with van der Waals surface area (Å²) >= 11 is 10.3. The van der Waals surface area contributed by atoms with Crippen molar-refractivity contribution in [1.29, 1.82) is 0 Å². The molecule has 0 aliphatic carbocycles. The summed E-state index contributed by atoms with van der Waals surface area (Å²) in [6, 6.07) is 30.2. The SMILES string of the molecule is Cc1nnc([S-])n1N=C/C=C/c1c(-c2ccc(F)cc2)c2ccccc2n1C(C)C.Cc1nnc([S-])n1N=C/C=C/c1c(-c2ccc(F)cc2)c2ccccc2n1C(C)C.[Ni+2]. The average Bonchev–Trinajstić information content (AvgIpc) is 3.95. The zero-order valence-corrected chi connectivity index (χ0v) is 36.8. The molecule has 8 rings (SSSR count). The maximum atomic E-state index is 13.5. The van der Waals surface area contributed by atoms with E-state index in [4.69, 9.17) is 25.3 Å². The van der Waals surface area contributed by atoms with Crippen LogP contribution in [0.3, 0.4) is 0 Å². The molecule has 312 valence electrons. The molecule has 0 saturated carbocycles. The maximum absolute atomic E-state index is 13.5. The smallest absolute Gasteiger partial charge is 0.738 e. The standard InChI is InChI=1S/2C23H22FN5S.Ni/c2*1-15(2)28-20-8-5-4-7-19(20)22(17-10-12-18(24)13-11-17)21(28)9-6-14-25-29-16(3)26-27-23(29)30;/h2*4-15H,1-3H3,(H,27,30);/q;;+2/p-2/b2*9-6+,25-14?;. The number of benzene rings is 4. The Kier molecular flexibility index (Phi) is 14.2. The van der Waals surface area contributed by atoms with E-state index in [0.29, 0.717) is 22.0 Å². The van der Waals surface area contributed by atoms with Crippen LogP contribution < -0.4 is 0 Å². The summed E-state index contributed by atoms with van der Waals surface area (Å²) in [5.74, 6) is 0.764. The van der Waals surface area contributed by atoms with Crippen molar-refractivity contribution in [2.75, 3.05) is 0 Å². The minimum Gasteiger partial charge on any atom is -0.738 e. The fourth-order valence-electron chi connectivity index (χ4n) is 7.27. The van der Waals surface area contributed by atoms with Gasteiger partial charge in [0.15, 0.2) is 0 Å². The Balaban J connectivity index is 0.000000201. The molecule has 4 aromatic heterocycles. The van der Waals surface area contributed by atoms with Gasteiger partial charge in [0, 0.05) is 79.1 Å². The number of hydrogen-bond acceptors (Lipinski definition) is 8. The van der Waals surface area contributed by atoms with Crippen LogP contribution >= 0.6 is 0 Å². The van der Waals surface area contributed by atoms with E-state index < -0.39 is 0 Å². The number of fused-ring (bicyclic) bond motifs is 2. The number of para-hydroxylation sites is 2. The van der Waals surface area contributed by atoms with E-state index in [0.717, 1.165) is 55.4 Å². The molecule has 8 aromatic rings. The second kappa shape index (κ2) is 19.5. The molecule has 15 heteroatoms. The largest absolute Gasteiger partial charge is 2.00 e. The van der Waals surface area contributed by atoms with E-state index in [9.17, 15) is 8.78 Å². The van der Waals surface area contributed by atoms with Gasteiger partial charge in [-0.25, -0.2) is 18.1 Å². The monoisotopic (exact) mass is 894 g/mol. The van der Waals surface area contributed by atoms with E-state index >= 15 is 0 Å². The Hall–Kier alpha value is -6.15. The van der Waals surface area contributed by atoms with Gasteiger partial charge in [-0.2, -0.15) is 20.4 Å². The number of hydrogen-bond donors (Lipinski definition) is 0. The van der Waals surface area contributed by atoms with E-state index in [1.165, 1.54) is 33.6 Å². The molecular formula is C46H42F2N10NiS2. The second-order valence-corrected chi connectivity index (χ2v) is 15.2. The van der Waals surface area contributed by atoms with Gasteiger partial charge in [0.25, 0.3) is 0 Å². The van der Waals surface area contributed by atoms with Gasteiger partial charge in [-0.3, -0.25) is 0 Å². The third kappa shape index (κ3) is 9.44. The van der Waals surface area contributed by atoms with Crippen LogP contribution in [0.2, 0.25) is 0 Å². The topological polar surface area (TPSA) is 96.0 Å². The first-order chi connectivity index (χ1) is 28.9. The van der Waals surface area contributed by atoms with Crippen LogP contribution in [0, 0.1) is 25.5 Å². The number of rotatable bonds is 10. The predicted octanol–water partition coefficient (Wildman–Crippen LogP) is 10.8. The number of halogens is 2. The van der Waals surface area contributed by atoms with Crippen LogP contribution in [-0.4, -0.2) is 51.3 Å². The van der Waals surface area contributed by atoms with Crippen molar-refractivity contribution in [3.8, 4) is 22.3 Å². The summed E-state index contributed by atoms with van der Waals surface area (Å²) in [5, 5.41) is 27.1. The van der Waals surface area contributed by atoms with Crippen LogP contribution in [0.5, 0.6) is 0 Å². The van der Waals surface area contributed by atoms with Crippen LogP contribution in [0.25, 0.3) is 56.2 Å². The van der Waals surface area contributed by atoms with E-state index in [1.807, 2.05) is 72.8 Å². The summed E-state index contributed by atoms with van der Waals surface area (Å²) in [6.07, 6.45) is 11.1. The van der Waals surface area contributed by atoms with Gasteiger partial charge >= 0.3 is 16.5 Å². The van der Waals surface area contributed by atoms with Crippen molar-refractivity contribution in [3.63, 3.8) is 0 Å². The summed E-state index contributed by atoms with van der Waals surface area (Å²) in [7, 11) is 0. The van der Waals surface area contributed by atoms with Crippen molar-refractivity contribution in [1.82, 2.24) is 38.9 Å². The summed E-state index contributed by atoms with van der Waals surface area (Å²) < 4.78 is 34.7. The molecule has 0 aliphatic rings. The van der Waals surface area contributed by atoms with Crippen molar-refractivity contribution in [2.45, 2.75) is 63.9 Å². The number of aromatic nitrogens is 8. The fourth-order valence-corrected chi connectivity index (χ4v) is 7.71. The Morgan fingerprint density at radius 1 is 0.541 bits per heavy atom. The van der Waals surface area contributed by atoms with Gasteiger partial charge in [-0.15, -0.1) is 10.2 Å². The average molecular weight is 896 g/mol. The van der Waals surface area contributed by atoms with E-state index in [1.54, 1.807) is 26.3 Å². The van der Waals surface area contributed by atoms with Crippen LogP contribution in [0.4, 0.5) is 8.78 Å². The first kappa shape index (κ1) is 44.4. The first-order valence-electron chi connectivity index (χ1n) is 19.3. The molecule has 0 fully saturated rings. The third-order valence-electron chi connectivity index (χ3n) is 9.78. The minimum atomic E-state index is -0.250. The van der Waals surface area contributed by atoms with Crippen molar-refractivity contribution < 1.29 is 25.3 Å². The Labute approximate surface area is 374 Å². The van der Waals surface area contributed by atoms with Gasteiger partial charge in [0.1, 0.15) is 23.3 Å². The summed E-state index contributed by atoms with van der Waals surface area (Å²) in [4.78, 5) is 0. The molecule has 4 heterocycles. The molecule has 4 aromatic carbocycles. The molecule has 0 atom stereocenters. The molecule has 0 aliphatic heterocycles. The fraction of sp³-hybridized carbons (Fsp3) is 0.174. The van der Waals surface area contributed by atoms with Crippen LogP contribution in [0.15, 0.2) is 130 Å². The Morgan fingerprint density at radius 2 is 0.902 bits per heavy atom. The Bertz CT molecular complexity index is 2660. The molecule has 0 unspecified atom stereocenters. The van der Waals surface area contributed by atoms with Gasteiger partial charge in [0.05, 0.1) is 0 Å². The molecule has 0 saturated heterocycles. The summed E-state index contributed by atoms with van der Waals surface area (Å²) in [5.41, 5.74) is 8.38. The van der Waals surface area contributed by atoms with Gasteiger partial charge in [-0.05, 0) is 113 Å². The van der Waals surface area contributed by atoms with Gasteiger partial charge in [0.2, 0.25) is 0 Å². The molecule has 0 N–H and O–H groups in total. The zero-order chi connectivity index (χ0) is 42.5. The number of allylic oxidation sites excluding steroid dienone is 2. The Morgan fingerprint density at radius 3 is 1.23 bits per heavy atom. The molecule has 0 radical (unpaired) electrons. The summed E-state index contributed by atoms with van der Waals surface area (Å²) in [6.45, 7) is 12.2. The van der Waals surface area contributed by atoms with Gasteiger partial charge < -0.3 is 34.4 Å². The van der Waals surface area contributed by atoms with E-state index in [2.05, 4.69) is 91.7 Å². The first-order valence-corrected chi connectivity index (χ1v) is 20.1. The van der Waals surface area contributed by atoms with Crippen molar-refractivity contribution in [3.05, 3.63) is 144 Å². The molecular weight excluding hydrogens is 853 g/mol. The molecule has 0 spiro atoms. The normalized spacial score (nSPS) is 12.0.